The highest BCUT2D eigenvalue weighted by atomic mass is 35.5. The van der Waals surface area contributed by atoms with Gasteiger partial charge in [0.15, 0.2) is 0 Å². The van der Waals surface area contributed by atoms with Crippen LogP contribution in [0.2, 0.25) is 5.02 Å². The van der Waals surface area contributed by atoms with Crippen molar-refractivity contribution in [3.8, 4) is 0 Å². The Labute approximate surface area is 167 Å². The Hall–Kier alpha value is -1.59. The second kappa shape index (κ2) is 9.56. The van der Waals surface area contributed by atoms with E-state index in [1.54, 1.807) is 6.92 Å². The molecule has 27 heavy (non-hydrogen) atoms. The molecule has 1 aromatic rings. The Morgan fingerprint density at radius 2 is 1.67 bits per heavy atom. The largest absolute Gasteiger partial charge is 0.343 e. The van der Waals surface area contributed by atoms with Gasteiger partial charge in [-0.1, -0.05) is 23.7 Å². The van der Waals surface area contributed by atoms with Crippen molar-refractivity contribution in [2.75, 3.05) is 26.2 Å². The van der Waals surface area contributed by atoms with Gasteiger partial charge in [-0.3, -0.25) is 9.59 Å². The van der Waals surface area contributed by atoms with Gasteiger partial charge < -0.3 is 15.1 Å². The van der Waals surface area contributed by atoms with Crippen molar-refractivity contribution in [1.82, 2.24) is 15.1 Å². The standard InChI is InChI=1S/C21H30ClN3O2/c1-16(26)24-13-9-19(10-14-24)23-20(15-17-5-7-18(22)8-6-17)21(27)25-11-3-2-4-12-25/h5-8,19-20,23H,2-4,9-15H2,1H3/t20-/m1/s1. The zero-order valence-corrected chi connectivity index (χ0v) is 16.9. The van der Waals surface area contributed by atoms with Gasteiger partial charge in [0, 0.05) is 44.2 Å². The summed E-state index contributed by atoms with van der Waals surface area (Å²) in [5.74, 6) is 0.342. The molecule has 2 amide bonds. The number of hydrogen-bond donors (Lipinski definition) is 1. The number of rotatable bonds is 5. The Morgan fingerprint density at radius 1 is 1.04 bits per heavy atom. The van der Waals surface area contributed by atoms with Crippen LogP contribution in [-0.2, 0) is 16.0 Å². The minimum atomic E-state index is -0.224. The van der Waals surface area contributed by atoms with Gasteiger partial charge >= 0.3 is 0 Å². The average molecular weight is 392 g/mol. The van der Waals surface area contributed by atoms with Gasteiger partial charge in [0.05, 0.1) is 6.04 Å². The van der Waals surface area contributed by atoms with Crippen molar-refractivity contribution in [3.05, 3.63) is 34.9 Å². The Balaban J connectivity index is 1.66. The van der Waals surface area contributed by atoms with Crippen LogP contribution in [0.4, 0.5) is 0 Å². The third-order valence-electron chi connectivity index (χ3n) is 5.70. The van der Waals surface area contributed by atoms with Crippen LogP contribution in [-0.4, -0.2) is 59.9 Å². The number of carbonyl (C=O) groups is 2. The molecule has 0 saturated carbocycles. The molecule has 2 heterocycles. The number of halogens is 1. The molecule has 2 aliphatic rings. The number of benzene rings is 1. The third-order valence-corrected chi connectivity index (χ3v) is 5.95. The lowest BCUT2D eigenvalue weighted by atomic mass is 9.99. The topological polar surface area (TPSA) is 52.7 Å². The van der Waals surface area contributed by atoms with E-state index < -0.39 is 0 Å². The minimum Gasteiger partial charge on any atom is -0.343 e. The molecule has 1 atom stereocenters. The van der Waals surface area contributed by atoms with E-state index in [1.807, 2.05) is 34.1 Å². The van der Waals surface area contributed by atoms with Gasteiger partial charge in [-0.25, -0.2) is 0 Å². The molecule has 0 unspecified atom stereocenters. The van der Waals surface area contributed by atoms with Crippen LogP contribution in [0.25, 0.3) is 0 Å². The van der Waals surface area contributed by atoms with Crippen LogP contribution in [0.1, 0.15) is 44.6 Å². The summed E-state index contributed by atoms with van der Waals surface area (Å²) in [6.07, 6.45) is 5.85. The number of piperidine rings is 2. The lowest BCUT2D eigenvalue weighted by Gasteiger charge is -2.36. The Morgan fingerprint density at radius 3 is 2.26 bits per heavy atom. The quantitative estimate of drug-likeness (QED) is 0.839. The van der Waals surface area contributed by atoms with E-state index in [0.717, 1.165) is 57.4 Å². The van der Waals surface area contributed by atoms with Gasteiger partial charge in [0.1, 0.15) is 0 Å². The maximum Gasteiger partial charge on any atom is 0.240 e. The number of amides is 2. The second-order valence-corrected chi connectivity index (χ2v) is 8.15. The van der Waals surface area contributed by atoms with Gasteiger partial charge in [-0.15, -0.1) is 0 Å². The van der Waals surface area contributed by atoms with Crippen molar-refractivity contribution < 1.29 is 9.59 Å². The van der Waals surface area contributed by atoms with Crippen LogP contribution < -0.4 is 5.32 Å². The Bertz CT molecular complexity index is 635. The van der Waals surface area contributed by atoms with Crippen LogP contribution >= 0.6 is 11.6 Å². The predicted octanol–water partition coefficient (Wildman–Crippen LogP) is 2.86. The minimum absolute atomic E-state index is 0.135. The highest BCUT2D eigenvalue weighted by Gasteiger charge is 2.29. The van der Waals surface area contributed by atoms with E-state index in [9.17, 15) is 9.59 Å². The van der Waals surface area contributed by atoms with E-state index >= 15 is 0 Å². The van der Waals surface area contributed by atoms with Crippen molar-refractivity contribution in [2.24, 2.45) is 0 Å². The highest BCUT2D eigenvalue weighted by Crippen LogP contribution is 2.17. The van der Waals surface area contributed by atoms with Crippen molar-refractivity contribution in [2.45, 2.75) is 57.5 Å². The van der Waals surface area contributed by atoms with E-state index in [0.29, 0.717) is 11.4 Å². The molecule has 2 fully saturated rings. The first kappa shape index (κ1) is 20.2. The summed E-state index contributed by atoms with van der Waals surface area (Å²) in [5, 5.41) is 4.32. The van der Waals surface area contributed by atoms with E-state index in [-0.39, 0.29) is 23.9 Å². The number of nitrogens with zero attached hydrogens (tertiary/aromatic N) is 2. The van der Waals surface area contributed by atoms with Crippen molar-refractivity contribution in [3.63, 3.8) is 0 Å². The molecule has 0 radical (unpaired) electrons. The summed E-state index contributed by atoms with van der Waals surface area (Å²) >= 11 is 6.00. The summed E-state index contributed by atoms with van der Waals surface area (Å²) in [6.45, 7) is 4.87. The molecule has 5 nitrogen and oxygen atoms in total. The van der Waals surface area contributed by atoms with E-state index in [2.05, 4.69) is 5.32 Å². The van der Waals surface area contributed by atoms with Crippen LogP contribution in [0.3, 0.4) is 0 Å². The number of likely N-dealkylation sites (tertiary alicyclic amines) is 2. The van der Waals surface area contributed by atoms with Gasteiger partial charge in [-0.2, -0.15) is 0 Å². The maximum absolute atomic E-state index is 13.2. The van der Waals surface area contributed by atoms with Crippen molar-refractivity contribution in [1.29, 1.82) is 0 Å². The molecular weight excluding hydrogens is 362 g/mol. The average Bonchev–Trinajstić information content (AvgIpc) is 2.69. The molecule has 0 aromatic heterocycles. The van der Waals surface area contributed by atoms with Gasteiger partial charge in [-0.05, 0) is 56.2 Å². The fourth-order valence-corrected chi connectivity index (χ4v) is 4.18. The lowest BCUT2D eigenvalue weighted by molar-refractivity contribution is -0.135. The molecule has 2 saturated heterocycles. The summed E-state index contributed by atoms with van der Waals surface area (Å²) in [5.41, 5.74) is 1.11. The Kier molecular flexibility index (Phi) is 7.13. The first-order valence-corrected chi connectivity index (χ1v) is 10.5. The summed E-state index contributed by atoms with van der Waals surface area (Å²) in [7, 11) is 0. The third kappa shape index (κ3) is 5.69. The molecule has 3 rings (SSSR count). The summed E-state index contributed by atoms with van der Waals surface area (Å²) < 4.78 is 0. The molecule has 0 aliphatic carbocycles. The van der Waals surface area contributed by atoms with E-state index in [1.165, 1.54) is 6.42 Å². The fraction of sp³-hybridized carbons (Fsp3) is 0.619. The maximum atomic E-state index is 13.2. The van der Waals surface area contributed by atoms with Crippen molar-refractivity contribution >= 4 is 23.4 Å². The number of hydrogen-bond acceptors (Lipinski definition) is 3. The molecule has 6 heteroatoms. The SMILES string of the molecule is CC(=O)N1CCC(N[C@H](Cc2ccc(Cl)cc2)C(=O)N2CCCCC2)CC1. The highest BCUT2D eigenvalue weighted by molar-refractivity contribution is 6.30. The zero-order valence-electron chi connectivity index (χ0n) is 16.1. The lowest BCUT2D eigenvalue weighted by Crippen LogP contribution is -2.54. The first-order chi connectivity index (χ1) is 13.0. The molecule has 0 spiro atoms. The normalized spacial score (nSPS) is 19.8. The smallest absolute Gasteiger partial charge is 0.240 e. The number of nitrogens with one attached hydrogen (secondary N) is 1. The molecular formula is C21H30ClN3O2. The van der Waals surface area contributed by atoms with Gasteiger partial charge in [0.2, 0.25) is 11.8 Å². The molecule has 0 bridgehead atoms. The number of carbonyl (C=O) groups excluding carboxylic acids is 2. The monoisotopic (exact) mass is 391 g/mol. The fourth-order valence-electron chi connectivity index (χ4n) is 4.05. The van der Waals surface area contributed by atoms with Crippen LogP contribution in [0, 0.1) is 0 Å². The molecule has 148 valence electrons. The van der Waals surface area contributed by atoms with E-state index in [4.69, 9.17) is 11.6 Å². The zero-order chi connectivity index (χ0) is 19.2. The second-order valence-electron chi connectivity index (χ2n) is 7.72. The summed E-state index contributed by atoms with van der Waals surface area (Å²) in [6, 6.07) is 7.80. The first-order valence-electron chi connectivity index (χ1n) is 10.1. The van der Waals surface area contributed by atoms with Crippen LogP contribution in [0.5, 0.6) is 0 Å². The van der Waals surface area contributed by atoms with Crippen LogP contribution in [0.15, 0.2) is 24.3 Å². The predicted molar refractivity (Wildman–Crippen MR) is 108 cm³/mol. The molecule has 1 N–H and O–H groups in total. The van der Waals surface area contributed by atoms with Gasteiger partial charge in [0.25, 0.3) is 0 Å². The molecule has 1 aromatic carbocycles. The molecule has 2 aliphatic heterocycles. The summed E-state index contributed by atoms with van der Waals surface area (Å²) in [4.78, 5) is 28.6.